The predicted octanol–water partition coefficient (Wildman–Crippen LogP) is 2.48. The molecule has 0 bridgehead atoms. The minimum Gasteiger partial charge on any atom is -0.497 e. The number of nitrogens with zero attached hydrogens (tertiary/aromatic N) is 2. The number of benzene rings is 2. The zero-order valence-electron chi connectivity index (χ0n) is 15.6. The van der Waals surface area contributed by atoms with Crippen LogP contribution < -0.4 is 10.1 Å². The maximum atomic E-state index is 13.1. The summed E-state index contributed by atoms with van der Waals surface area (Å²) in [6.45, 7) is 3.60. The van der Waals surface area contributed by atoms with Crippen LogP contribution in [0, 0.1) is 0 Å². The maximum Gasteiger partial charge on any atom is 0.326 e. The van der Waals surface area contributed by atoms with Crippen LogP contribution >= 0.6 is 0 Å². The second-order valence-electron chi connectivity index (χ2n) is 7.23. The Balaban J connectivity index is 1.53. The molecule has 1 N–H and O–H groups in total. The minimum absolute atomic E-state index is 0.236. The highest BCUT2D eigenvalue weighted by atomic mass is 16.5. The predicted molar refractivity (Wildman–Crippen MR) is 101 cm³/mol. The number of imide groups is 1. The normalized spacial score (nSPS) is 22.5. The van der Waals surface area contributed by atoms with Gasteiger partial charge >= 0.3 is 6.03 Å². The van der Waals surface area contributed by atoms with E-state index in [2.05, 4.69) is 22.3 Å². The van der Waals surface area contributed by atoms with Gasteiger partial charge in [-0.15, -0.1) is 0 Å². The van der Waals surface area contributed by atoms with Gasteiger partial charge in [0.25, 0.3) is 5.91 Å². The Labute approximate surface area is 158 Å². The van der Waals surface area contributed by atoms with Crippen LogP contribution in [-0.2, 0) is 23.3 Å². The molecular formula is C21H23N3O3. The molecule has 0 radical (unpaired) electrons. The maximum absolute atomic E-state index is 13.1. The van der Waals surface area contributed by atoms with E-state index in [1.807, 2.05) is 30.3 Å². The molecule has 2 heterocycles. The molecule has 2 aromatic rings. The minimum atomic E-state index is -1.08. The fourth-order valence-corrected chi connectivity index (χ4v) is 3.83. The summed E-state index contributed by atoms with van der Waals surface area (Å²) >= 11 is 0. The van der Waals surface area contributed by atoms with Crippen LogP contribution in [0.1, 0.15) is 23.6 Å². The number of fused-ring (bicyclic) bond motifs is 1. The van der Waals surface area contributed by atoms with Gasteiger partial charge in [0.05, 0.1) is 13.8 Å². The van der Waals surface area contributed by atoms with Crippen molar-refractivity contribution in [1.29, 1.82) is 0 Å². The number of urea groups is 1. The number of hydrogen-bond donors (Lipinski definition) is 1. The van der Waals surface area contributed by atoms with Gasteiger partial charge in [-0.1, -0.05) is 36.4 Å². The Morgan fingerprint density at radius 3 is 2.67 bits per heavy atom. The lowest BCUT2D eigenvalue weighted by Gasteiger charge is -2.31. The average Bonchev–Trinajstić information content (AvgIpc) is 2.92. The zero-order chi connectivity index (χ0) is 19.0. The van der Waals surface area contributed by atoms with Crippen LogP contribution in [0.2, 0.25) is 0 Å². The number of methoxy groups -OCH3 is 1. The molecule has 2 aromatic carbocycles. The summed E-state index contributed by atoms with van der Waals surface area (Å²) in [4.78, 5) is 29.2. The Morgan fingerprint density at radius 1 is 1.11 bits per heavy atom. The van der Waals surface area contributed by atoms with E-state index in [0.29, 0.717) is 18.0 Å². The van der Waals surface area contributed by atoms with Crippen molar-refractivity contribution >= 4 is 11.9 Å². The van der Waals surface area contributed by atoms with Gasteiger partial charge in [0.15, 0.2) is 0 Å². The van der Waals surface area contributed by atoms with Gasteiger partial charge in [0.2, 0.25) is 0 Å². The molecule has 1 saturated heterocycles. The lowest BCUT2D eigenvalue weighted by molar-refractivity contribution is -0.132. The number of carbonyl (C=O) groups is 2. The highest BCUT2D eigenvalue weighted by Gasteiger charge is 2.49. The fourth-order valence-electron chi connectivity index (χ4n) is 3.83. The first-order valence-electron chi connectivity index (χ1n) is 9.09. The number of carbonyl (C=O) groups excluding carboxylic acids is 2. The van der Waals surface area contributed by atoms with E-state index in [1.54, 1.807) is 20.1 Å². The van der Waals surface area contributed by atoms with Crippen molar-refractivity contribution in [3.8, 4) is 5.75 Å². The second-order valence-corrected chi connectivity index (χ2v) is 7.23. The third-order valence-corrected chi connectivity index (χ3v) is 5.47. The average molecular weight is 365 g/mol. The monoisotopic (exact) mass is 365 g/mol. The third-order valence-electron chi connectivity index (χ3n) is 5.47. The molecule has 2 aliphatic heterocycles. The molecule has 0 unspecified atom stereocenters. The van der Waals surface area contributed by atoms with E-state index in [4.69, 9.17) is 4.74 Å². The number of nitrogens with one attached hydrogen (secondary N) is 1. The van der Waals surface area contributed by atoms with Gasteiger partial charge < -0.3 is 10.1 Å². The zero-order valence-corrected chi connectivity index (χ0v) is 15.6. The van der Waals surface area contributed by atoms with Crippen molar-refractivity contribution in [1.82, 2.24) is 15.1 Å². The van der Waals surface area contributed by atoms with E-state index in [9.17, 15) is 9.59 Å². The summed E-state index contributed by atoms with van der Waals surface area (Å²) in [6.07, 6.45) is 0.924. The molecule has 0 aliphatic carbocycles. The topological polar surface area (TPSA) is 61.9 Å². The van der Waals surface area contributed by atoms with Crippen LogP contribution in [0.15, 0.2) is 48.5 Å². The SMILES string of the molecule is COc1cccc([C@]2(C)NC(=O)N(CN3CCc4ccccc4C3)C2=O)c1. The number of ether oxygens (including phenoxy) is 1. The summed E-state index contributed by atoms with van der Waals surface area (Å²) in [7, 11) is 1.58. The summed E-state index contributed by atoms with van der Waals surface area (Å²) in [5, 5.41) is 2.86. The summed E-state index contributed by atoms with van der Waals surface area (Å²) < 4.78 is 5.26. The van der Waals surface area contributed by atoms with Crippen molar-refractivity contribution < 1.29 is 14.3 Å². The molecular weight excluding hydrogens is 342 g/mol. The second kappa shape index (κ2) is 6.70. The van der Waals surface area contributed by atoms with E-state index in [0.717, 1.165) is 19.5 Å². The highest BCUT2D eigenvalue weighted by molar-refractivity contribution is 6.07. The molecule has 6 nitrogen and oxygen atoms in total. The van der Waals surface area contributed by atoms with Crippen LogP contribution in [0.5, 0.6) is 5.75 Å². The molecule has 4 rings (SSSR count). The van der Waals surface area contributed by atoms with E-state index < -0.39 is 5.54 Å². The van der Waals surface area contributed by atoms with Gasteiger partial charge in [-0.25, -0.2) is 9.69 Å². The molecule has 6 heteroatoms. The van der Waals surface area contributed by atoms with Crippen LogP contribution in [-0.4, -0.2) is 42.1 Å². The van der Waals surface area contributed by atoms with Gasteiger partial charge in [0, 0.05) is 13.1 Å². The lowest BCUT2D eigenvalue weighted by Crippen LogP contribution is -2.45. The quantitative estimate of drug-likeness (QED) is 0.846. The first kappa shape index (κ1) is 17.5. The summed E-state index contributed by atoms with van der Waals surface area (Å²) in [5.41, 5.74) is 2.23. The Kier molecular flexibility index (Phi) is 4.36. The fraction of sp³-hybridized carbons (Fsp3) is 0.333. The summed E-state index contributed by atoms with van der Waals surface area (Å²) in [5.74, 6) is 0.418. The molecule has 0 spiro atoms. The molecule has 0 saturated carbocycles. The Hall–Kier alpha value is -2.86. The van der Waals surface area contributed by atoms with E-state index >= 15 is 0 Å². The largest absolute Gasteiger partial charge is 0.497 e. The van der Waals surface area contributed by atoms with Crippen molar-refractivity contribution in [2.45, 2.75) is 25.4 Å². The van der Waals surface area contributed by atoms with Crippen LogP contribution in [0.4, 0.5) is 4.79 Å². The van der Waals surface area contributed by atoms with Gasteiger partial charge in [-0.3, -0.25) is 9.69 Å². The Bertz CT molecular complexity index is 898. The standard InChI is InChI=1S/C21H23N3O3/c1-21(17-8-5-9-18(12-17)27-2)19(25)24(20(26)22-21)14-23-11-10-15-6-3-4-7-16(15)13-23/h3-9,12H,10-11,13-14H2,1-2H3,(H,22,26)/t21-/m0/s1. The molecule has 140 valence electrons. The number of hydrogen-bond acceptors (Lipinski definition) is 4. The first-order valence-corrected chi connectivity index (χ1v) is 9.09. The third kappa shape index (κ3) is 3.06. The highest BCUT2D eigenvalue weighted by Crippen LogP contribution is 2.31. The molecule has 3 amide bonds. The van der Waals surface area contributed by atoms with Crippen molar-refractivity contribution in [3.63, 3.8) is 0 Å². The van der Waals surface area contributed by atoms with E-state index in [1.165, 1.54) is 16.0 Å². The van der Waals surface area contributed by atoms with Crippen LogP contribution in [0.25, 0.3) is 0 Å². The van der Waals surface area contributed by atoms with Crippen molar-refractivity contribution in [2.24, 2.45) is 0 Å². The smallest absolute Gasteiger partial charge is 0.326 e. The van der Waals surface area contributed by atoms with Gasteiger partial charge in [-0.2, -0.15) is 0 Å². The van der Waals surface area contributed by atoms with Gasteiger partial charge in [0.1, 0.15) is 11.3 Å². The molecule has 2 aliphatic rings. The molecule has 27 heavy (non-hydrogen) atoms. The lowest BCUT2D eigenvalue weighted by atomic mass is 9.92. The van der Waals surface area contributed by atoms with Gasteiger partial charge in [-0.05, 0) is 42.2 Å². The summed E-state index contributed by atoms with van der Waals surface area (Å²) in [6, 6.07) is 15.2. The van der Waals surface area contributed by atoms with Crippen LogP contribution in [0.3, 0.4) is 0 Å². The molecule has 1 atom stereocenters. The molecule has 1 fully saturated rings. The van der Waals surface area contributed by atoms with Crippen molar-refractivity contribution in [2.75, 3.05) is 20.3 Å². The number of rotatable bonds is 4. The van der Waals surface area contributed by atoms with E-state index in [-0.39, 0.29) is 11.9 Å². The molecule has 0 aromatic heterocycles. The van der Waals surface area contributed by atoms with Crippen molar-refractivity contribution in [3.05, 3.63) is 65.2 Å². The number of amides is 3. The Morgan fingerprint density at radius 2 is 1.89 bits per heavy atom. The first-order chi connectivity index (χ1) is 13.0.